The van der Waals surface area contributed by atoms with Gasteiger partial charge in [-0.2, -0.15) is 0 Å². The van der Waals surface area contributed by atoms with Crippen LogP contribution in [0.5, 0.6) is 11.5 Å². The molecule has 0 fully saturated rings. The molecule has 0 amide bonds. The van der Waals surface area contributed by atoms with Crippen LogP contribution in [0.3, 0.4) is 0 Å². The second kappa shape index (κ2) is 9.34. The van der Waals surface area contributed by atoms with Crippen molar-refractivity contribution in [3.05, 3.63) is 48.6 Å². The van der Waals surface area contributed by atoms with Crippen LogP contribution in [0.4, 0.5) is 0 Å². The Labute approximate surface area is 110 Å². The first-order valence-electron chi connectivity index (χ1n) is 6.52. The molecule has 0 N–H and O–H groups in total. The van der Waals surface area contributed by atoms with Gasteiger partial charge in [0.15, 0.2) is 0 Å². The van der Waals surface area contributed by atoms with E-state index in [1.165, 1.54) is 0 Å². The van der Waals surface area contributed by atoms with E-state index in [-0.39, 0.29) is 0 Å². The standard InChI is InChI=1S/C16H22O2/c1-3-5-7-12-17-15-10-9-11-16(14-15)18-13-8-6-4-2/h5-11,14H,3-4,12-13H2,1-2H3/b7-5+,8-6+. The zero-order valence-corrected chi connectivity index (χ0v) is 11.3. The van der Waals surface area contributed by atoms with E-state index in [0.717, 1.165) is 24.3 Å². The van der Waals surface area contributed by atoms with E-state index in [1.807, 2.05) is 36.4 Å². The highest BCUT2D eigenvalue weighted by molar-refractivity contribution is 5.33. The van der Waals surface area contributed by atoms with Gasteiger partial charge < -0.3 is 9.47 Å². The van der Waals surface area contributed by atoms with Gasteiger partial charge >= 0.3 is 0 Å². The molecule has 0 saturated heterocycles. The van der Waals surface area contributed by atoms with Crippen molar-refractivity contribution < 1.29 is 9.47 Å². The van der Waals surface area contributed by atoms with E-state index in [1.54, 1.807) is 0 Å². The summed E-state index contributed by atoms with van der Waals surface area (Å²) in [6.07, 6.45) is 10.3. The zero-order chi connectivity index (χ0) is 13.1. The molecule has 98 valence electrons. The minimum Gasteiger partial charge on any atom is -0.489 e. The van der Waals surface area contributed by atoms with Crippen molar-refractivity contribution in [2.75, 3.05) is 13.2 Å². The normalized spacial score (nSPS) is 11.2. The third-order valence-electron chi connectivity index (χ3n) is 2.30. The molecule has 0 saturated carbocycles. The van der Waals surface area contributed by atoms with Gasteiger partial charge in [-0.15, -0.1) is 0 Å². The Morgan fingerprint density at radius 2 is 1.33 bits per heavy atom. The molecule has 18 heavy (non-hydrogen) atoms. The molecule has 0 spiro atoms. The quantitative estimate of drug-likeness (QED) is 0.634. The van der Waals surface area contributed by atoms with Crippen molar-refractivity contribution >= 4 is 0 Å². The van der Waals surface area contributed by atoms with Gasteiger partial charge in [-0.25, -0.2) is 0 Å². The molecule has 2 heteroatoms. The van der Waals surface area contributed by atoms with Gasteiger partial charge in [-0.05, 0) is 25.0 Å². The number of hydrogen-bond acceptors (Lipinski definition) is 2. The maximum atomic E-state index is 5.59. The lowest BCUT2D eigenvalue weighted by Crippen LogP contribution is -1.96. The van der Waals surface area contributed by atoms with Crippen LogP contribution >= 0.6 is 0 Å². The molecule has 1 rings (SSSR count). The van der Waals surface area contributed by atoms with Crippen LogP contribution in [-0.4, -0.2) is 13.2 Å². The van der Waals surface area contributed by atoms with E-state index >= 15 is 0 Å². The molecule has 1 aromatic carbocycles. The fourth-order valence-corrected chi connectivity index (χ4v) is 1.41. The third-order valence-corrected chi connectivity index (χ3v) is 2.30. The number of ether oxygens (including phenoxy) is 2. The molecule has 0 unspecified atom stereocenters. The lowest BCUT2D eigenvalue weighted by atomic mass is 10.3. The second-order valence-electron chi connectivity index (χ2n) is 3.86. The zero-order valence-electron chi connectivity index (χ0n) is 11.3. The van der Waals surface area contributed by atoms with Gasteiger partial charge in [-0.3, -0.25) is 0 Å². The highest BCUT2D eigenvalue weighted by Crippen LogP contribution is 2.19. The van der Waals surface area contributed by atoms with E-state index < -0.39 is 0 Å². The minimum atomic E-state index is 0.604. The summed E-state index contributed by atoms with van der Waals surface area (Å²) in [6.45, 7) is 5.42. The van der Waals surface area contributed by atoms with Crippen molar-refractivity contribution in [2.24, 2.45) is 0 Å². The molecule has 2 nitrogen and oxygen atoms in total. The number of hydrogen-bond donors (Lipinski definition) is 0. The van der Waals surface area contributed by atoms with Crippen LogP contribution in [0.25, 0.3) is 0 Å². The summed E-state index contributed by atoms with van der Waals surface area (Å²) in [7, 11) is 0. The van der Waals surface area contributed by atoms with E-state index in [0.29, 0.717) is 13.2 Å². The predicted molar refractivity (Wildman–Crippen MR) is 76.3 cm³/mol. The van der Waals surface area contributed by atoms with E-state index in [4.69, 9.17) is 9.47 Å². The van der Waals surface area contributed by atoms with E-state index in [9.17, 15) is 0 Å². The molecule has 0 aliphatic heterocycles. The highest BCUT2D eigenvalue weighted by Gasteiger charge is 1.96. The van der Waals surface area contributed by atoms with Crippen LogP contribution in [0, 0.1) is 0 Å². The Morgan fingerprint density at radius 1 is 0.833 bits per heavy atom. The molecule has 0 radical (unpaired) electrons. The third kappa shape index (κ3) is 6.14. The highest BCUT2D eigenvalue weighted by atomic mass is 16.5. The summed E-state index contributed by atoms with van der Waals surface area (Å²) in [5, 5.41) is 0. The molecule has 0 aromatic heterocycles. The molecular formula is C16H22O2. The van der Waals surface area contributed by atoms with Crippen LogP contribution in [0.2, 0.25) is 0 Å². The topological polar surface area (TPSA) is 18.5 Å². The monoisotopic (exact) mass is 246 g/mol. The molecule has 1 aromatic rings. The first kappa shape index (κ1) is 14.4. The fraction of sp³-hybridized carbons (Fsp3) is 0.375. The van der Waals surface area contributed by atoms with Crippen LogP contribution in [-0.2, 0) is 0 Å². The smallest absolute Gasteiger partial charge is 0.123 e. The molecule has 0 atom stereocenters. The lowest BCUT2D eigenvalue weighted by Gasteiger charge is -2.06. The molecule has 0 aliphatic carbocycles. The fourth-order valence-electron chi connectivity index (χ4n) is 1.41. The summed E-state index contributed by atoms with van der Waals surface area (Å²) in [5.41, 5.74) is 0. The SMILES string of the molecule is CC/C=C/COc1cccc(OC/C=C/CC)c1. The van der Waals surface area contributed by atoms with Gasteiger partial charge in [-0.1, -0.05) is 44.2 Å². The first-order valence-corrected chi connectivity index (χ1v) is 6.52. The van der Waals surface area contributed by atoms with Gasteiger partial charge in [0, 0.05) is 6.07 Å². The van der Waals surface area contributed by atoms with Gasteiger partial charge in [0.05, 0.1) is 0 Å². The summed E-state index contributed by atoms with van der Waals surface area (Å²) in [4.78, 5) is 0. The Hall–Kier alpha value is -1.70. The minimum absolute atomic E-state index is 0.604. The van der Waals surface area contributed by atoms with Gasteiger partial charge in [0.1, 0.15) is 24.7 Å². The Morgan fingerprint density at radius 3 is 1.78 bits per heavy atom. The maximum Gasteiger partial charge on any atom is 0.123 e. The van der Waals surface area contributed by atoms with Crippen molar-refractivity contribution in [3.8, 4) is 11.5 Å². The first-order chi connectivity index (χ1) is 8.86. The second-order valence-corrected chi connectivity index (χ2v) is 3.86. The van der Waals surface area contributed by atoms with Crippen molar-refractivity contribution in [2.45, 2.75) is 26.7 Å². The van der Waals surface area contributed by atoms with Gasteiger partial charge in [0.25, 0.3) is 0 Å². The molecule has 0 heterocycles. The van der Waals surface area contributed by atoms with Crippen LogP contribution < -0.4 is 9.47 Å². The Balaban J connectivity index is 2.41. The van der Waals surface area contributed by atoms with E-state index in [2.05, 4.69) is 26.0 Å². The average molecular weight is 246 g/mol. The van der Waals surface area contributed by atoms with Crippen LogP contribution in [0.1, 0.15) is 26.7 Å². The summed E-state index contributed by atoms with van der Waals surface area (Å²) < 4.78 is 11.2. The maximum absolute atomic E-state index is 5.59. The number of rotatable bonds is 8. The Bertz CT molecular complexity index is 347. The summed E-state index contributed by atoms with van der Waals surface area (Å²) in [6, 6.07) is 7.74. The van der Waals surface area contributed by atoms with Crippen molar-refractivity contribution in [1.82, 2.24) is 0 Å². The van der Waals surface area contributed by atoms with Gasteiger partial charge in [0.2, 0.25) is 0 Å². The molecule has 0 bridgehead atoms. The summed E-state index contributed by atoms with van der Waals surface area (Å²) >= 11 is 0. The van der Waals surface area contributed by atoms with Crippen molar-refractivity contribution in [3.63, 3.8) is 0 Å². The average Bonchev–Trinajstić information content (AvgIpc) is 2.40. The predicted octanol–water partition coefficient (Wildman–Crippen LogP) is 4.38. The largest absolute Gasteiger partial charge is 0.489 e. The molecular weight excluding hydrogens is 224 g/mol. The van der Waals surface area contributed by atoms with Crippen molar-refractivity contribution in [1.29, 1.82) is 0 Å². The van der Waals surface area contributed by atoms with Crippen LogP contribution in [0.15, 0.2) is 48.6 Å². The number of allylic oxidation sites excluding steroid dienone is 2. The lowest BCUT2D eigenvalue weighted by molar-refractivity contribution is 0.344. The molecule has 0 aliphatic rings. The number of benzene rings is 1. The summed E-state index contributed by atoms with van der Waals surface area (Å²) in [5.74, 6) is 1.68. The Kier molecular flexibility index (Phi) is 7.45.